The van der Waals surface area contributed by atoms with Crippen LogP contribution in [0.4, 0.5) is 5.69 Å². The molecule has 0 fully saturated rings. The highest BCUT2D eigenvalue weighted by atomic mass is 35.5. The van der Waals surface area contributed by atoms with Crippen LogP contribution in [0.3, 0.4) is 0 Å². The molecule has 1 aromatic carbocycles. The molecule has 0 aliphatic heterocycles. The first-order valence-corrected chi connectivity index (χ1v) is 6.09. The second-order valence-electron chi connectivity index (χ2n) is 4.02. The number of anilines is 1. The molecule has 0 saturated heterocycles. The Morgan fingerprint density at radius 1 is 1.35 bits per heavy atom. The first-order valence-electron chi connectivity index (χ1n) is 5.72. The third-order valence-electron chi connectivity index (χ3n) is 2.74. The Morgan fingerprint density at radius 2 is 2.18 bits per heavy atom. The zero-order valence-electron chi connectivity index (χ0n) is 9.83. The van der Waals surface area contributed by atoms with Gasteiger partial charge in [0.1, 0.15) is 0 Å². The summed E-state index contributed by atoms with van der Waals surface area (Å²) in [5.41, 5.74) is 8.59. The van der Waals surface area contributed by atoms with E-state index in [0.29, 0.717) is 6.54 Å². The van der Waals surface area contributed by atoms with Gasteiger partial charge in [0.05, 0.1) is 10.5 Å². The summed E-state index contributed by atoms with van der Waals surface area (Å²) in [5, 5.41) is 5.07. The Kier molecular flexibility index (Phi) is 3.82. The molecule has 4 heteroatoms. The summed E-state index contributed by atoms with van der Waals surface area (Å²) in [6.07, 6.45) is 2.74. The first-order chi connectivity index (χ1) is 8.24. The molecule has 90 valence electrons. The number of halogens is 1. The van der Waals surface area contributed by atoms with Gasteiger partial charge in [0.25, 0.3) is 0 Å². The summed E-state index contributed by atoms with van der Waals surface area (Å²) >= 11 is 6.24. The van der Waals surface area contributed by atoms with Crippen molar-refractivity contribution < 1.29 is 0 Å². The molecule has 0 atom stereocenters. The third kappa shape index (κ3) is 2.51. The lowest BCUT2D eigenvalue weighted by molar-refractivity contribution is 0.875. The minimum atomic E-state index is 0.683. The molecule has 0 bridgehead atoms. The van der Waals surface area contributed by atoms with Gasteiger partial charge < -0.3 is 11.1 Å². The van der Waals surface area contributed by atoms with Gasteiger partial charge in [-0.05, 0) is 37.6 Å². The third-order valence-corrected chi connectivity index (χ3v) is 3.05. The fourth-order valence-electron chi connectivity index (χ4n) is 1.84. The standard InChI is InChI=1S/C13H16ClN3/c1-9-3-4-10(14)12-11(16-7-2-6-15)5-8-17-13(9)12/h3-5,8H,2,6-7,15H2,1H3,(H,16,17). The molecule has 0 amide bonds. The quantitative estimate of drug-likeness (QED) is 0.820. The van der Waals surface area contributed by atoms with E-state index >= 15 is 0 Å². The summed E-state index contributed by atoms with van der Waals surface area (Å²) in [5.74, 6) is 0. The van der Waals surface area contributed by atoms with Crippen LogP contribution in [0, 0.1) is 6.92 Å². The van der Waals surface area contributed by atoms with E-state index in [1.54, 1.807) is 6.20 Å². The monoisotopic (exact) mass is 249 g/mol. The van der Waals surface area contributed by atoms with Gasteiger partial charge >= 0.3 is 0 Å². The smallest absolute Gasteiger partial charge is 0.0766 e. The first kappa shape index (κ1) is 12.1. The summed E-state index contributed by atoms with van der Waals surface area (Å²) < 4.78 is 0. The minimum absolute atomic E-state index is 0.683. The maximum Gasteiger partial charge on any atom is 0.0766 e. The van der Waals surface area contributed by atoms with Crippen LogP contribution in [0.1, 0.15) is 12.0 Å². The number of hydrogen-bond acceptors (Lipinski definition) is 3. The van der Waals surface area contributed by atoms with Crippen molar-refractivity contribution in [3.8, 4) is 0 Å². The SMILES string of the molecule is Cc1ccc(Cl)c2c(NCCCN)ccnc12. The lowest BCUT2D eigenvalue weighted by Crippen LogP contribution is -2.08. The average molecular weight is 250 g/mol. The number of hydrogen-bond donors (Lipinski definition) is 2. The van der Waals surface area contributed by atoms with Gasteiger partial charge in [-0.25, -0.2) is 0 Å². The molecular formula is C13H16ClN3. The van der Waals surface area contributed by atoms with Crippen LogP contribution in [0.5, 0.6) is 0 Å². The van der Waals surface area contributed by atoms with Gasteiger partial charge in [-0.2, -0.15) is 0 Å². The number of pyridine rings is 1. The number of nitrogens with zero attached hydrogens (tertiary/aromatic N) is 1. The van der Waals surface area contributed by atoms with Gasteiger partial charge in [-0.3, -0.25) is 4.98 Å². The van der Waals surface area contributed by atoms with Gasteiger partial charge in [0.2, 0.25) is 0 Å². The Balaban J connectivity index is 2.45. The minimum Gasteiger partial charge on any atom is -0.384 e. The Bertz CT molecular complexity index is 525. The largest absolute Gasteiger partial charge is 0.384 e. The molecule has 3 N–H and O–H groups in total. The van der Waals surface area contributed by atoms with Crippen molar-refractivity contribution in [1.82, 2.24) is 4.98 Å². The maximum absolute atomic E-state index is 6.24. The molecule has 0 aliphatic rings. The van der Waals surface area contributed by atoms with E-state index in [0.717, 1.165) is 40.1 Å². The lowest BCUT2D eigenvalue weighted by atomic mass is 10.1. The molecule has 0 saturated carbocycles. The van der Waals surface area contributed by atoms with E-state index in [1.807, 2.05) is 25.1 Å². The number of nitrogens with one attached hydrogen (secondary N) is 1. The zero-order valence-corrected chi connectivity index (χ0v) is 10.6. The number of nitrogens with two attached hydrogens (primary N) is 1. The molecule has 0 spiro atoms. The number of fused-ring (bicyclic) bond motifs is 1. The summed E-state index contributed by atoms with van der Waals surface area (Å²) in [4.78, 5) is 4.38. The highest BCUT2D eigenvalue weighted by Gasteiger charge is 2.07. The van der Waals surface area contributed by atoms with Crippen LogP contribution in [-0.2, 0) is 0 Å². The summed E-state index contributed by atoms with van der Waals surface area (Å²) in [6.45, 7) is 3.57. The second-order valence-corrected chi connectivity index (χ2v) is 4.42. The number of benzene rings is 1. The molecule has 0 radical (unpaired) electrons. The molecule has 17 heavy (non-hydrogen) atoms. The van der Waals surface area contributed by atoms with E-state index < -0.39 is 0 Å². The molecule has 0 aliphatic carbocycles. The van der Waals surface area contributed by atoms with Crippen molar-refractivity contribution >= 4 is 28.2 Å². The Labute approximate surface area is 106 Å². The predicted molar refractivity (Wildman–Crippen MR) is 73.7 cm³/mol. The maximum atomic E-state index is 6.24. The van der Waals surface area contributed by atoms with Gasteiger partial charge in [0, 0.05) is 23.8 Å². The van der Waals surface area contributed by atoms with E-state index in [-0.39, 0.29) is 0 Å². The molecule has 3 nitrogen and oxygen atoms in total. The van der Waals surface area contributed by atoms with Crippen LogP contribution in [0.25, 0.3) is 10.9 Å². The Morgan fingerprint density at radius 3 is 2.94 bits per heavy atom. The number of aryl methyl sites for hydroxylation is 1. The van der Waals surface area contributed by atoms with Crippen LogP contribution in [0.15, 0.2) is 24.4 Å². The predicted octanol–water partition coefficient (Wildman–Crippen LogP) is 2.96. The molecule has 0 unspecified atom stereocenters. The van der Waals surface area contributed by atoms with Gasteiger partial charge in [-0.1, -0.05) is 17.7 Å². The topological polar surface area (TPSA) is 50.9 Å². The number of rotatable bonds is 4. The van der Waals surface area contributed by atoms with Crippen molar-refractivity contribution in [2.75, 3.05) is 18.4 Å². The van der Waals surface area contributed by atoms with Crippen molar-refractivity contribution in [3.05, 3.63) is 35.0 Å². The summed E-state index contributed by atoms with van der Waals surface area (Å²) in [7, 11) is 0. The Hall–Kier alpha value is -1.32. The van der Waals surface area contributed by atoms with Crippen molar-refractivity contribution in [2.24, 2.45) is 5.73 Å². The van der Waals surface area contributed by atoms with Crippen molar-refractivity contribution in [1.29, 1.82) is 0 Å². The highest BCUT2D eigenvalue weighted by molar-refractivity contribution is 6.36. The van der Waals surface area contributed by atoms with E-state index in [1.165, 1.54) is 0 Å². The average Bonchev–Trinajstić information content (AvgIpc) is 2.34. The van der Waals surface area contributed by atoms with E-state index in [2.05, 4.69) is 10.3 Å². The van der Waals surface area contributed by atoms with Gasteiger partial charge in [-0.15, -0.1) is 0 Å². The molecule has 2 rings (SSSR count). The molecular weight excluding hydrogens is 234 g/mol. The molecule has 1 heterocycles. The van der Waals surface area contributed by atoms with Gasteiger partial charge in [0.15, 0.2) is 0 Å². The fourth-order valence-corrected chi connectivity index (χ4v) is 2.09. The van der Waals surface area contributed by atoms with E-state index in [4.69, 9.17) is 17.3 Å². The zero-order chi connectivity index (χ0) is 12.3. The van der Waals surface area contributed by atoms with Crippen LogP contribution in [-0.4, -0.2) is 18.1 Å². The van der Waals surface area contributed by atoms with Crippen LogP contribution >= 0.6 is 11.6 Å². The molecule has 2 aromatic rings. The normalized spacial score (nSPS) is 10.8. The van der Waals surface area contributed by atoms with Crippen molar-refractivity contribution in [2.45, 2.75) is 13.3 Å². The highest BCUT2D eigenvalue weighted by Crippen LogP contribution is 2.30. The summed E-state index contributed by atoms with van der Waals surface area (Å²) in [6, 6.07) is 5.85. The second kappa shape index (κ2) is 5.34. The fraction of sp³-hybridized carbons (Fsp3) is 0.308. The van der Waals surface area contributed by atoms with Crippen LogP contribution in [0.2, 0.25) is 5.02 Å². The van der Waals surface area contributed by atoms with Crippen molar-refractivity contribution in [3.63, 3.8) is 0 Å². The van der Waals surface area contributed by atoms with E-state index in [9.17, 15) is 0 Å². The number of aromatic nitrogens is 1. The van der Waals surface area contributed by atoms with Crippen LogP contribution < -0.4 is 11.1 Å². The lowest BCUT2D eigenvalue weighted by Gasteiger charge is -2.11. The molecule has 1 aromatic heterocycles.